The standard InChI is InChI=1S/C25H24Cl2FN3O2/c1-13(2)22-25(33-4)30-20(24(31-22)32-3)10-14-7-8-16(17-6-5-9-29-23(14)17)21-18(26)11-15(28)12-19(21)27/h5-9,11-13,20,22H,10H2,1-4H3/t20-,22+/m0/s1. The van der Waals surface area contributed by atoms with Crippen molar-refractivity contribution in [1.29, 1.82) is 0 Å². The van der Waals surface area contributed by atoms with Gasteiger partial charge in [-0.3, -0.25) is 4.98 Å². The molecule has 2 atom stereocenters. The first-order chi connectivity index (χ1) is 15.8. The molecule has 1 aliphatic rings. The zero-order valence-electron chi connectivity index (χ0n) is 18.8. The van der Waals surface area contributed by atoms with E-state index in [1.807, 2.05) is 24.3 Å². The van der Waals surface area contributed by atoms with Gasteiger partial charge in [0.15, 0.2) is 0 Å². The molecule has 0 saturated carbocycles. The molecule has 0 bridgehead atoms. The maximum Gasteiger partial charge on any atom is 0.209 e. The highest BCUT2D eigenvalue weighted by molar-refractivity contribution is 6.39. The number of methoxy groups -OCH3 is 2. The molecule has 0 fully saturated rings. The third-order valence-corrected chi connectivity index (χ3v) is 6.28. The summed E-state index contributed by atoms with van der Waals surface area (Å²) in [6.45, 7) is 4.14. The Balaban J connectivity index is 1.79. The second-order valence-electron chi connectivity index (χ2n) is 8.17. The molecular weight excluding hydrogens is 464 g/mol. The summed E-state index contributed by atoms with van der Waals surface area (Å²) in [6, 6.07) is 9.68. The van der Waals surface area contributed by atoms with Crippen LogP contribution >= 0.6 is 23.2 Å². The minimum atomic E-state index is -0.483. The van der Waals surface area contributed by atoms with Crippen molar-refractivity contribution in [3.8, 4) is 11.1 Å². The first-order valence-corrected chi connectivity index (χ1v) is 11.3. The van der Waals surface area contributed by atoms with Gasteiger partial charge >= 0.3 is 0 Å². The fraction of sp³-hybridized carbons (Fsp3) is 0.320. The van der Waals surface area contributed by atoms with Gasteiger partial charge < -0.3 is 9.47 Å². The van der Waals surface area contributed by atoms with E-state index in [0.717, 1.165) is 22.0 Å². The zero-order chi connectivity index (χ0) is 23.7. The maximum atomic E-state index is 13.7. The van der Waals surface area contributed by atoms with E-state index in [1.54, 1.807) is 20.4 Å². The SMILES string of the molecule is COC1=N[C@H](C(C)C)C(OC)=N[C@H]1Cc1ccc(-c2c(Cl)cc(F)cc2Cl)c2cccnc12. The number of aliphatic imine (C=N–C) groups is 2. The van der Waals surface area contributed by atoms with Crippen LogP contribution in [0.15, 0.2) is 52.6 Å². The quantitative estimate of drug-likeness (QED) is 0.428. The molecule has 5 nitrogen and oxygen atoms in total. The fourth-order valence-electron chi connectivity index (χ4n) is 4.11. The van der Waals surface area contributed by atoms with E-state index >= 15 is 0 Å². The van der Waals surface area contributed by atoms with Crippen LogP contribution < -0.4 is 0 Å². The van der Waals surface area contributed by atoms with Gasteiger partial charge in [0.2, 0.25) is 11.8 Å². The van der Waals surface area contributed by atoms with Crippen LogP contribution in [-0.4, -0.2) is 43.1 Å². The second-order valence-corrected chi connectivity index (χ2v) is 8.98. The highest BCUT2D eigenvalue weighted by Crippen LogP contribution is 2.40. The number of pyridine rings is 1. The molecule has 1 aromatic heterocycles. The lowest BCUT2D eigenvalue weighted by atomic mass is 9.94. The molecule has 0 N–H and O–H groups in total. The third kappa shape index (κ3) is 4.55. The van der Waals surface area contributed by atoms with Crippen molar-refractivity contribution in [3.63, 3.8) is 0 Å². The molecule has 0 aliphatic carbocycles. The topological polar surface area (TPSA) is 56.1 Å². The maximum absolute atomic E-state index is 13.7. The van der Waals surface area contributed by atoms with E-state index in [4.69, 9.17) is 42.7 Å². The van der Waals surface area contributed by atoms with Crippen LogP contribution in [0.5, 0.6) is 0 Å². The van der Waals surface area contributed by atoms with Crippen molar-refractivity contribution >= 4 is 45.9 Å². The average Bonchev–Trinajstić information content (AvgIpc) is 2.79. The molecule has 2 aromatic carbocycles. The van der Waals surface area contributed by atoms with E-state index in [2.05, 4.69) is 18.8 Å². The summed E-state index contributed by atoms with van der Waals surface area (Å²) in [6.07, 6.45) is 2.25. The lowest BCUT2D eigenvalue weighted by molar-refractivity contribution is 0.333. The Kier molecular flexibility index (Phi) is 6.86. The second kappa shape index (κ2) is 9.65. The Labute approximate surface area is 202 Å². The van der Waals surface area contributed by atoms with Gasteiger partial charge in [0.1, 0.15) is 17.9 Å². The molecular formula is C25H24Cl2FN3O2. The average molecular weight is 488 g/mol. The van der Waals surface area contributed by atoms with Gasteiger partial charge in [-0.05, 0) is 35.2 Å². The Hall–Kier alpha value is -2.70. The minimum Gasteiger partial charge on any atom is -0.483 e. The summed E-state index contributed by atoms with van der Waals surface area (Å²) in [5.41, 5.74) is 3.09. The highest BCUT2D eigenvalue weighted by Gasteiger charge is 2.31. The van der Waals surface area contributed by atoms with E-state index in [0.29, 0.717) is 23.8 Å². The molecule has 33 heavy (non-hydrogen) atoms. The summed E-state index contributed by atoms with van der Waals surface area (Å²) in [4.78, 5) is 14.2. The molecule has 0 amide bonds. The minimum absolute atomic E-state index is 0.179. The number of halogens is 3. The van der Waals surface area contributed by atoms with Crippen LogP contribution in [0.4, 0.5) is 4.39 Å². The van der Waals surface area contributed by atoms with Gasteiger partial charge in [-0.25, -0.2) is 14.4 Å². The van der Waals surface area contributed by atoms with Crippen LogP contribution in [0.25, 0.3) is 22.0 Å². The molecule has 8 heteroatoms. The van der Waals surface area contributed by atoms with Crippen LogP contribution in [0, 0.1) is 11.7 Å². The predicted octanol–water partition coefficient (Wildman–Crippen LogP) is 6.39. The first-order valence-electron chi connectivity index (χ1n) is 10.6. The summed E-state index contributed by atoms with van der Waals surface area (Å²) >= 11 is 12.7. The third-order valence-electron chi connectivity index (χ3n) is 5.68. The van der Waals surface area contributed by atoms with Crippen LogP contribution in [-0.2, 0) is 15.9 Å². The molecule has 3 aromatic rings. The van der Waals surface area contributed by atoms with Crippen molar-refractivity contribution < 1.29 is 13.9 Å². The Bertz CT molecular complexity index is 1240. The number of hydrogen-bond donors (Lipinski definition) is 0. The van der Waals surface area contributed by atoms with Gasteiger partial charge in [-0.1, -0.05) is 55.2 Å². The van der Waals surface area contributed by atoms with Crippen molar-refractivity contribution in [2.45, 2.75) is 32.4 Å². The van der Waals surface area contributed by atoms with Crippen molar-refractivity contribution in [2.75, 3.05) is 14.2 Å². The largest absolute Gasteiger partial charge is 0.483 e. The predicted molar refractivity (Wildman–Crippen MR) is 132 cm³/mol. The number of rotatable bonds is 4. The highest BCUT2D eigenvalue weighted by atomic mass is 35.5. The summed E-state index contributed by atoms with van der Waals surface area (Å²) < 4.78 is 24.9. The zero-order valence-corrected chi connectivity index (χ0v) is 20.3. The number of ether oxygens (including phenoxy) is 2. The van der Waals surface area contributed by atoms with E-state index < -0.39 is 5.82 Å². The van der Waals surface area contributed by atoms with Gasteiger partial charge in [0, 0.05) is 23.6 Å². The van der Waals surface area contributed by atoms with Crippen LogP contribution in [0.2, 0.25) is 10.0 Å². The Morgan fingerprint density at radius 2 is 1.70 bits per heavy atom. The summed E-state index contributed by atoms with van der Waals surface area (Å²) in [7, 11) is 3.22. The number of aromatic nitrogens is 1. The number of benzene rings is 2. The number of fused-ring (bicyclic) bond motifs is 1. The molecule has 0 saturated heterocycles. The van der Waals surface area contributed by atoms with Crippen molar-refractivity contribution in [3.05, 3.63) is 64.0 Å². The van der Waals surface area contributed by atoms with Crippen LogP contribution in [0.3, 0.4) is 0 Å². The van der Waals surface area contributed by atoms with E-state index in [1.165, 1.54) is 12.1 Å². The normalized spacial score (nSPS) is 18.3. The summed E-state index contributed by atoms with van der Waals surface area (Å²) in [5, 5.41) is 1.34. The van der Waals surface area contributed by atoms with Gasteiger partial charge in [0.05, 0.1) is 29.8 Å². The molecule has 0 spiro atoms. The number of hydrogen-bond acceptors (Lipinski definition) is 5. The molecule has 172 valence electrons. The van der Waals surface area contributed by atoms with Gasteiger partial charge in [-0.15, -0.1) is 0 Å². The molecule has 4 rings (SSSR count). The monoisotopic (exact) mass is 487 g/mol. The molecule has 2 heterocycles. The van der Waals surface area contributed by atoms with E-state index in [9.17, 15) is 4.39 Å². The number of nitrogens with zero attached hydrogens (tertiary/aromatic N) is 3. The lowest BCUT2D eigenvalue weighted by Gasteiger charge is -2.27. The molecule has 1 aliphatic heterocycles. The van der Waals surface area contributed by atoms with E-state index in [-0.39, 0.29) is 28.0 Å². The smallest absolute Gasteiger partial charge is 0.209 e. The van der Waals surface area contributed by atoms with Gasteiger partial charge in [0.25, 0.3) is 0 Å². The van der Waals surface area contributed by atoms with Crippen LogP contribution in [0.1, 0.15) is 19.4 Å². The van der Waals surface area contributed by atoms with Crippen molar-refractivity contribution in [1.82, 2.24) is 4.98 Å². The Morgan fingerprint density at radius 1 is 1.00 bits per heavy atom. The molecule has 0 radical (unpaired) electrons. The molecule has 0 unspecified atom stereocenters. The fourth-order valence-corrected chi connectivity index (χ4v) is 4.78. The van der Waals surface area contributed by atoms with Gasteiger partial charge in [-0.2, -0.15) is 0 Å². The summed E-state index contributed by atoms with van der Waals surface area (Å²) in [5.74, 6) is 0.895. The Morgan fingerprint density at radius 3 is 2.33 bits per heavy atom. The first kappa shape index (κ1) is 23.5. The lowest BCUT2D eigenvalue weighted by Crippen LogP contribution is -2.38. The van der Waals surface area contributed by atoms with Crippen molar-refractivity contribution in [2.24, 2.45) is 15.9 Å².